The molecule has 1 aromatic rings. The lowest BCUT2D eigenvalue weighted by molar-refractivity contribution is 0.489. The van der Waals surface area contributed by atoms with Crippen molar-refractivity contribution in [2.24, 2.45) is 0 Å². The molecule has 66 valence electrons. The predicted octanol–water partition coefficient (Wildman–Crippen LogP) is 1.41. The molecule has 0 N–H and O–H groups in total. The molecule has 0 saturated heterocycles. The number of rotatable bonds is 1. The number of hydrogen-bond acceptors (Lipinski definition) is 1. The Morgan fingerprint density at radius 2 is 1.42 bits per heavy atom. The van der Waals surface area contributed by atoms with Gasteiger partial charge in [-0.1, -0.05) is 5.46 Å². The normalized spacial score (nSPS) is 11.8. The number of aromatic nitrogens is 1. The van der Waals surface area contributed by atoms with E-state index in [0.717, 1.165) is 0 Å². The predicted molar refractivity (Wildman–Crippen MR) is 32.9 cm³/mol. The summed E-state index contributed by atoms with van der Waals surface area (Å²) in [5.74, 6) is -2.94. The molecule has 0 atom stereocenters. The summed E-state index contributed by atoms with van der Waals surface area (Å²) in [4.78, 5) is 2.52. The topological polar surface area (TPSA) is 12.9 Å². The van der Waals surface area contributed by atoms with Crippen LogP contribution in [0.1, 0.15) is 0 Å². The summed E-state index contributed by atoms with van der Waals surface area (Å²) in [5.41, 5.74) is -1.32. The summed E-state index contributed by atoms with van der Waals surface area (Å²) in [7, 11) is 0. The van der Waals surface area contributed by atoms with Crippen LogP contribution in [-0.2, 0) is 0 Å². The lowest BCUT2D eigenvalue weighted by atomic mass is 9.81. The molecule has 12 heavy (non-hydrogen) atoms. The minimum atomic E-state index is -5.36. The van der Waals surface area contributed by atoms with Gasteiger partial charge in [-0.15, -0.1) is 0 Å². The summed E-state index contributed by atoms with van der Waals surface area (Å²) >= 11 is 0. The maximum atomic E-state index is 12.1. The van der Waals surface area contributed by atoms with Crippen molar-refractivity contribution in [3.63, 3.8) is 0 Å². The standard InChI is InChI=1S/C5H2BF5N/c7-4-1-3(6(9,10)11)2-5(8)12-4/h1-2H/q-1. The van der Waals surface area contributed by atoms with E-state index in [0.29, 0.717) is 0 Å². The Kier molecular flexibility index (Phi) is 2.03. The van der Waals surface area contributed by atoms with Gasteiger partial charge >= 0.3 is 6.98 Å². The fourth-order valence-electron chi connectivity index (χ4n) is 0.672. The van der Waals surface area contributed by atoms with Crippen LogP contribution in [0.4, 0.5) is 21.7 Å². The SMILES string of the molecule is Fc1cc([B-](F)(F)F)cc(F)n1. The molecule has 0 aromatic carbocycles. The lowest BCUT2D eigenvalue weighted by Crippen LogP contribution is -2.34. The van der Waals surface area contributed by atoms with Crippen LogP contribution >= 0.6 is 0 Å². The van der Waals surface area contributed by atoms with Crippen molar-refractivity contribution < 1.29 is 21.7 Å². The maximum Gasteiger partial charge on any atom is 0.509 e. The maximum absolute atomic E-state index is 12.1. The fourth-order valence-corrected chi connectivity index (χ4v) is 0.672. The Bertz CT molecular complexity index is 276. The van der Waals surface area contributed by atoms with Gasteiger partial charge in [-0.25, -0.2) is 0 Å². The molecular weight excluding hydrogens is 180 g/mol. The van der Waals surface area contributed by atoms with E-state index in [-0.39, 0.29) is 12.1 Å². The Morgan fingerprint density at radius 3 is 1.75 bits per heavy atom. The second-order valence-corrected chi connectivity index (χ2v) is 2.12. The highest BCUT2D eigenvalue weighted by Crippen LogP contribution is 2.09. The third-order valence-electron chi connectivity index (χ3n) is 1.16. The summed E-state index contributed by atoms with van der Waals surface area (Å²) in [6.45, 7) is -5.36. The monoisotopic (exact) mass is 182 g/mol. The second kappa shape index (κ2) is 2.73. The van der Waals surface area contributed by atoms with Crippen LogP contribution in [0.5, 0.6) is 0 Å². The van der Waals surface area contributed by atoms with Crippen LogP contribution in [0.25, 0.3) is 0 Å². The number of hydrogen-bond donors (Lipinski definition) is 0. The average molecular weight is 182 g/mol. The zero-order valence-electron chi connectivity index (χ0n) is 5.57. The first-order chi connectivity index (χ1) is 5.39. The highest BCUT2D eigenvalue weighted by atomic mass is 19.4. The smallest absolute Gasteiger partial charge is 0.445 e. The van der Waals surface area contributed by atoms with Crippen molar-refractivity contribution in [2.45, 2.75) is 0 Å². The third-order valence-corrected chi connectivity index (χ3v) is 1.16. The molecule has 0 unspecified atom stereocenters. The van der Waals surface area contributed by atoms with E-state index in [1.807, 2.05) is 0 Å². The summed E-state index contributed by atoms with van der Waals surface area (Å²) < 4.78 is 59.8. The molecule has 0 aliphatic rings. The van der Waals surface area contributed by atoms with E-state index >= 15 is 0 Å². The first kappa shape index (κ1) is 8.96. The van der Waals surface area contributed by atoms with E-state index < -0.39 is 24.3 Å². The van der Waals surface area contributed by atoms with Crippen LogP contribution in [-0.4, -0.2) is 12.0 Å². The summed E-state index contributed by atoms with van der Waals surface area (Å²) in [6, 6.07) is 0.312. The zero-order valence-corrected chi connectivity index (χ0v) is 5.57. The molecule has 0 saturated carbocycles. The number of pyridine rings is 1. The van der Waals surface area contributed by atoms with E-state index in [4.69, 9.17) is 0 Å². The summed E-state index contributed by atoms with van der Waals surface area (Å²) in [5, 5.41) is 0. The van der Waals surface area contributed by atoms with E-state index in [1.54, 1.807) is 0 Å². The van der Waals surface area contributed by atoms with Gasteiger partial charge in [-0.2, -0.15) is 13.8 Å². The molecule has 0 spiro atoms. The fraction of sp³-hybridized carbons (Fsp3) is 0. The van der Waals surface area contributed by atoms with Gasteiger partial charge < -0.3 is 12.9 Å². The third kappa shape index (κ3) is 1.93. The van der Waals surface area contributed by atoms with Crippen molar-refractivity contribution >= 4 is 12.4 Å². The van der Waals surface area contributed by atoms with Gasteiger partial charge in [-0.3, -0.25) is 0 Å². The first-order valence-electron chi connectivity index (χ1n) is 2.92. The highest BCUT2D eigenvalue weighted by molar-refractivity contribution is 6.73. The Morgan fingerprint density at radius 1 is 1.00 bits per heavy atom. The van der Waals surface area contributed by atoms with Gasteiger partial charge in [0, 0.05) is 0 Å². The molecule has 7 heteroatoms. The minimum Gasteiger partial charge on any atom is -0.445 e. The largest absolute Gasteiger partial charge is 0.509 e. The second-order valence-electron chi connectivity index (χ2n) is 2.12. The number of nitrogens with zero attached hydrogens (tertiary/aromatic N) is 1. The van der Waals surface area contributed by atoms with E-state index in [9.17, 15) is 21.7 Å². The van der Waals surface area contributed by atoms with E-state index in [1.165, 1.54) is 0 Å². The molecule has 0 amide bonds. The molecule has 0 bridgehead atoms. The zero-order chi connectivity index (χ0) is 9.35. The van der Waals surface area contributed by atoms with Crippen molar-refractivity contribution in [1.82, 2.24) is 4.98 Å². The minimum absolute atomic E-state index is 0.156. The van der Waals surface area contributed by atoms with Gasteiger partial charge in [0.15, 0.2) is 0 Å². The molecule has 1 nitrogen and oxygen atoms in total. The average Bonchev–Trinajstić information content (AvgIpc) is 1.82. The van der Waals surface area contributed by atoms with Gasteiger partial charge in [-0.05, 0) is 12.1 Å². The van der Waals surface area contributed by atoms with Gasteiger partial charge in [0.05, 0.1) is 0 Å². The molecular formula is C5H2BF5N-. The number of halogens is 5. The van der Waals surface area contributed by atoms with E-state index in [2.05, 4.69) is 4.98 Å². The Labute approximate surface area is 64.3 Å². The quantitative estimate of drug-likeness (QED) is 0.363. The van der Waals surface area contributed by atoms with Crippen molar-refractivity contribution in [2.75, 3.05) is 0 Å². The Hall–Kier alpha value is -1.14. The van der Waals surface area contributed by atoms with Gasteiger partial charge in [0.25, 0.3) is 0 Å². The lowest BCUT2D eigenvalue weighted by Gasteiger charge is -2.13. The van der Waals surface area contributed by atoms with Crippen LogP contribution in [0, 0.1) is 11.9 Å². The summed E-state index contributed by atoms with van der Waals surface area (Å²) in [6.07, 6.45) is 0. The first-order valence-corrected chi connectivity index (χ1v) is 2.92. The van der Waals surface area contributed by atoms with Crippen molar-refractivity contribution in [3.05, 3.63) is 24.0 Å². The highest BCUT2D eigenvalue weighted by Gasteiger charge is 2.26. The molecule has 1 aromatic heterocycles. The Balaban J connectivity index is 3.18. The molecule has 0 aliphatic heterocycles. The molecule has 0 aliphatic carbocycles. The van der Waals surface area contributed by atoms with Crippen LogP contribution in [0.15, 0.2) is 12.1 Å². The van der Waals surface area contributed by atoms with Crippen molar-refractivity contribution in [1.29, 1.82) is 0 Å². The molecule has 0 radical (unpaired) electrons. The van der Waals surface area contributed by atoms with Crippen LogP contribution < -0.4 is 5.46 Å². The van der Waals surface area contributed by atoms with Gasteiger partial charge in [0.1, 0.15) is 0 Å². The molecule has 1 heterocycles. The van der Waals surface area contributed by atoms with Crippen LogP contribution in [0.3, 0.4) is 0 Å². The molecule has 0 fully saturated rings. The van der Waals surface area contributed by atoms with Crippen molar-refractivity contribution in [3.8, 4) is 0 Å². The van der Waals surface area contributed by atoms with Crippen LogP contribution in [0.2, 0.25) is 0 Å². The van der Waals surface area contributed by atoms with Gasteiger partial charge in [0.2, 0.25) is 11.9 Å². The molecule has 1 rings (SSSR count).